The summed E-state index contributed by atoms with van der Waals surface area (Å²) < 4.78 is 8.09. The predicted molar refractivity (Wildman–Crippen MR) is 109 cm³/mol. The van der Waals surface area contributed by atoms with E-state index in [0.29, 0.717) is 17.3 Å². The van der Waals surface area contributed by atoms with Gasteiger partial charge in [-0.3, -0.25) is 9.36 Å². The molecule has 0 saturated heterocycles. The van der Waals surface area contributed by atoms with E-state index in [4.69, 9.17) is 4.74 Å². The zero-order valence-electron chi connectivity index (χ0n) is 14.3. The molecule has 0 aliphatic carbocycles. The van der Waals surface area contributed by atoms with E-state index in [1.165, 1.54) is 18.9 Å². The molecule has 138 valence electrons. The highest BCUT2D eigenvalue weighted by molar-refractivity contribution is 9.10. The highest BCUT2D eigenvalue weighted by atomic mass is 79.9. The molecule has 1 aliphatic rings. The molecule has 0 spiro atoms. The quantitative estimate of drug-likeness (QED) is 0.633. The van der Waals surface area contributed by atoms with Gasteiger partial charge < -0.3 is 15.2 Å². The Balaban J connectivity index is 1.85. The van der Waals surface area contributed by atoms with E-state index < -0.39 is 0 Å². The highest BCUT2D eigenvalue weighted by Crippen LogP contribution is 2.43. The molecule has 2 N–H and O–H groups in total. The van der Waals surface area contributed by atoms with Crippen molar-refractivity contribution in [1.82, 2.24) is 9.55 Å². The van der Waals surface area contributed by atoms with Gasteiger partial charge in [0.05, 0.1) is 23.8 Å². The van der Waals surface area contributed by atoms with E-state index in [9.17, 15) is 9.90 Å². The molecule has 1 aliphatic heterocycles. The van der Waals surface area contributed by atoms with Crippen molar-refractivity contribution in [1.29, 1.82) is 0 Å². The lowest BCUT2D eigenvalue weighted by molar-refractivity contribution is -0.113. The van der Waals surface area contributed by atoms with Crippen LogP contribution in [0.1, 0.15) is 16.5 Å². The number of imidazole rings is 1. The van der Waals surface area contributed by atoms with Gasteiger partial charge in [0, 0.05) is 10.2 Å². The number of nitrogens with zero attached hydrogens (tertiary/aromatic N) is 2. The molecule has 27 heavy (non-hydrogen) atoms. The number of amides is 1. The molecular formula is C19H16BrN3O3S. The largest absolute Gasteiger partial charge is 0.504 e. The van der Waals surface area contributed by atoms with Crippen LogP contribution in [0.25, 0.3) is 5.69 Å². The van der Waals surface area contributed by atoms with Gasteiger partial charge in [-0.2, -0.15) is 0 Å². The molecule has 4 rings (SSSR count). The summed E-state index contributed by atoms with van der Waals surface area (Å²) in [6, 6.07) is 13.2. The van der Waals surface area contributed by atoms with Crippen LogP contribution in [0.2, 0.25) is 0 Å². The summed E-state index contributed by atoms with van der Waals surface area (Å²) in [7, 11) is 1.51. The number of carbonyl (C=O) groups excluding carboxylic acids is 1. The summed E-state index contributed by atoms with van der Waals surface area (Å²) in [4.78, 5) is 16.5. The second-order valence-electron chi connectivity index (χ2n) is 6.00. The van der Waals surface area contributed by atoms with Crippen molar-refractivity contribution in [2.75, 3.05) is 18.2 Å². The summed E-state index contributed by atoms with van der Waals surface area (Å²) >= 11 is 4.94. The monoisotopic (exact) mass is 445 g/mol. The summed E-state index contributed by atoms with van der Waals surface area (Å²) in [5.74, 6) is 1.22. The first-order valence-electron chi connectivity index (χ1n) is 8.18. The maximum atomic E-state index is 12.1. The molecular weight excluding hydrogens is 430 g/mol. The van der Waals surface area contributed by atoms with Crippen LogP contribution in [0.3, 0.4) is 0 Å². The first-order chi connectivity index (χ1) is 13.1. The number of halogens is 1. The number of aromatic nitrogens is 2. The number of benzene rings is 2. The number of aromatic hydroxyl groups is 1. The number of carbonyl (C=O) groups is 1. The van der Waals surface area contributed by atoms with Gasteiger partial charge in [0.2, 0.25) is 5.91 Å². The van der Waals surface area contributed by atoms with Crippen molar-refractivity contribution in [2.45, 2.75) is 5.25 Å². The summed E-state index contributed by atoms with van der Waals surface area (Å²) in [6.45, 7) is 0. The van der Waals surface area contributed by atoms with Gasteiger partial charge in [-0.25, -0.2) is 4.98 Å². The van der Waals surface area contributed by atoms with Gasteiger partial charge in [0.15, 0.2) is 17.3 Å². The lowest BCUT2D eigenvalue weighted by Crippen LogP contribution is -2.12. The molecule has 1 aromatic heterocycles. The number of hydrogen-bond donors (Lipinski definition) is 2. The van der Waals surface area contributed by atoms with Crippen molar-refractivity contribution in [3.05, 3.63) is 64.5 Å². The first-order valence-corrected chi connectivity index (χ1v) is 10.0. The van der Waals surface area contributed by atoms with Crippen molar-refractivity contribution < 1.29 is 14.6 Å². The molecule has 0 saturated carbocycles. The third kappa shape index (κ3) is 3.42. The molecule has 1 atom stereocenters. The molecule has 1 unspecified atom stereocenters. The molecule has 0 bridgehead atoms. The fourth-order valence-electron chi connectivity index (χ4n) is 3.04. The number of ether oxygens (including phenoxy) is 1. The minimum absolute atomic E-state index is 0.0652. The SMILES string of the molecule is COc1ccc(C2SCC(=O)Nc3ncn(-c4ccc(Br)cc4)c32)cc1O. The van der Waals surface area contributed by atoms with Gasteiger partial charge in [0.1, 0.15) is 6.33 Å². The first kappa shape index (κ1) is 17.9. The Morgan fingerprint density at radius 3 is 2.78 bits per heavy atom. The van der Waals surface area contributed by atoms with E-state index in [2.05, 4.69) is 26.2 Å². The number of phenols is 1. The van der Waals surface area contributed by atoms with Gasteiger partial charge in [-0.15, -0.1) is 11.8 Å². The summed E-state index contributed by atoms with van der Waals surface area (Å²) in [5, 5.41) is 12.9. The van der Waals surface area contributed by atoms with Gasteiger partial charge in [-0.1, -0.05) is 22.0 Å². The zero-order chi connectivity index (χ0) is 19.0. The number of hydrogen-bond acceptors (Lipinski definition) is 5. The van der Waals surface area contributed by atoms with E-state index in [1.54, 1.807) is 18.5 Å². The minimum Gasteiger partial charge on any atom is -0.504 e. The number of anilines is 1. The zero-order valence-corrected chi connectivity index (χ0v) is 16.8. The topological polar surface area (TPSA) is 76.4 Å². The second kappa shape index (κ2) is 7.28. The molecule has 0 fully saturated rings. The number of fused-ring (bicyclic) bond motifs is 1. The van der Waals surface area contributed by atoms with E-state index >= 15 is 0 Å². The van der Waals surface area contributed by atoms with Crippen LogP contribution in [-0.2, 0) is 4.79 Å². The lowest BCUT2D eigenvalue weighted by atomic mass is 10.1. The average Bonchev–Trinajstić information content (AvgIpc) is 2.98. The number of rotatable bonds is 3. The highest BCUT2D eigenvalue weighted by Gasteiger charge is 2.29. The van der Waals surface area contributed by atoms with Crippen LogP contribution in [0.15, 0.2) is 53.3 Å². The van der Waals surface area contributed by atoms with Crippen LogP contribution in [0.4, 0.5) is 5.82 Å². The Morgan fingerprint density at radius 1 is 1.30 bits per heavy atom. The Morgan fingerprint density at radius 2 is 2.07 bits per heavy atom. The standard InChI is InChI=1S/C19H16BrN3O3S/c1-26-15-7-2-11(8-14(15)24)18-17-19(22-16(25)9-27-18)21-10-23(17)13-5-3-12(20)4-6-13/h2-8,10,18,24H,9H2,1H3,(H,22,25). The molecule has 1 amide bonds. The third-order valence-corrected chi connectivity index (χ3v) is 6.09. The fraction of sp³-hybridized carbons (Fsp3) is 0.158. The van der Waals surface area contributed by atoms with Crippen molar-refractivity contribution in [2.24, 2.45) is 0 Å². The maximum Gasteiger partial charge on any atom is 0.235 e. The molecule has 8 heteroatoms. The van der Waals surface area contributed by atoms with Crippen molar-refractivity contribution in [3.63, 3.8) is 0 Å². The Hall–Kier alpha value is -2.45. The van der Waals surface area contributed by atoms with Crippen molar-refractivity contribution in [3.8, 4) is 17.2 Å². The summed E-state index contributed by atoms with van der Waals surface area (Å²) in [5.41, 5.74) is 2.67. The number of phenolic OH excluding ortho intramolecular Hbond substituents is 1. The molecule has 2 heterocycles. The number of nitrogens with one attached hydrogen (secondary N) is 1. The number of methoxy groups -OCH3 is 1. The Kier molecular flexibility index (Phi) is 4.84. The molecule has 6 nitrogen and oxygen atoms in total. The molecule has 3 aromatic rings. The summed E-state index contributed by atoms with van der Waals surface area (Å²) in [6.07, 6.45) is 1.70. The maximum absolute atomic E-state index is 12.1. The smallest absolute Gasteiger partial charge is 0.235 e. The normalized spacial score (nSPS) is 16.4. The lowest BCUT2D eigenvalue weighted by Gasteiger charge is -2.19. The van der Waals surface area contributed by atoms with Crippen LogP contribution in [-0.4, -0.2) is 33.4 Å². The van der Waals surface area contributed by atoms with Crippen LogP contribution < -0.4 is 10.1 Å². The van der Waals surface area contributed by atoms with Gasteiger partial charge >= 0.3 is 0 Å². The van der Waals surface area contributed by atoms with E-state index in [0.717, 1.165) is 21.4 Å². The van der Waals surface area contributed by atoms with Crippen LogP contribution >= 0.6 is 27.7 Å². The van der Waals surface area contributed by atoms with E-state index in [-0.39, 0.29) is 16.9 Å². The van der Waals surface area contributed by atoms with Gasteiger partial charge in [0.25, 0.3) is 0 Å². The molecule has 2 aromatic carbocycles. The number of thioether (sulfide) groups is 1. The van der Waals surface area contributed by atoms with Crippen LogP contribution in [0.5, 0.6) is 11.5 Å². The minimum atomic E-state index is -0.179. The van der Waals surface area contributed by atoms with E-state index in [1.807, 2.05) is 34.9 Å². The second-order valence-corrected chi connectivity index (χ2v) is 8.00. The Bertz CT molecular complexity index is 1000. The van der Waals surface area contributed by atoms with Crippen LogP contribution in [0, 0.1) is 0 Å². The van der Waals surface area contributed by atoms with Crippen molar-refractivity contribution >= 4 is 39.4 Å². The third-order valence-electron chi connectivity index (χ3n) is 4.30. The van der Waals surface area contributed by atoms with Gasteiger partial charge in [-0.05, 0) is 42.0 Å². The Labute approximate surface area is 168 Å². The average molecular weight is 446 g/mol. The molecule has 0 radical (unpaired) electrons. The fourth-order valence-corrected chi connectivity index (χ4v) is 4.42. The predicted octanol–water partition coefficient (Wildman–Crippen LogP) is 4.12.